The molecule has 60 heavy (non-hydrogen) atoms. The number of hydrogen-bond acceptors (Lipinski definition) is 3. The van der Waals surface area contributed by atoms with Gasteiger partial charge >= 0.3 is 0 Å². The Morgan fingerprint density at radius 3 is 2.03 bits per heavy atom. The number of para-hydroxylation sites is 3. The quantitative estimate of drug-likeness (QED) is 0.175. The van der Waals surface area contributed by atoms with Crippen LogP contribution in [-0.2, 0) is 6.42 Å². The number of rotatable bonds is 5. The summed E-state index contributed by atoms with van der Waals surface area (Å²) in [6.45, 7) is 2.33. The maximum atomic E-state index is 7.47. The Bertz CT molecular complexity index is 3550. The zero-order chi connectivity index (χ0) is 39.5. The van der Waals surface area contributed by atoms with Crippen LogP contribution in [0.25, 0.3) is 88.4 Å². The SMILES string of the molecule is CC1c2ccccc2-c2ccc(-c3c4oc5c(N(c6ccccc6-c6ccccc6)c6cccc7c6Cc6ccccc6-7)cccc5c4cc4oc5ccccc5c34)cc21. The average Bonchev–Trinajstić information content (AvgIpc) is 4.06. The molecule has 0 bridgehead atoms. The molecule has 13 rings (SSSR count). The third-order valence-electron chi connectivity index (χ3n) is 13.2. The Labute approximate surface area is 347 Å². The molecule has 0 amide bonds. The van der Waals surface area contributed by atoms with Crippen molar-refractivity contribution < 1.29 is 8.83 Å². The minimum atomic E-state index is 0.284. The van der Waals surface area contributed by atoms with Crippen molar-refractivity contribution in [1.29, 1.82) is 0 Å². The molecule has 0 saturated heterocycles. The van der Waals surface area contributed by atoms with E-state index in [0.717, 1.165) is 89.6 Å². The highest BCUT2D eigenvalue weighted by Crippen LogP contribution is 2.53. The van der Waals surface area contributed by atoms with E-state index in [1.54, 1.807) is 0 Å². The molecule has 9 aromatic carbocycles. The lowest BCUT2D eigenvalue weighted by atomic mass is 9.92. The first kappa shape index (κ1) is 33.4. The van der Waals surface area contributed by atoms with Crippen molar-refractivity contribution in [2.24, 2.45) is 0 Å². The topological polar surface area (TPSA) is 29.5 Å². The Hall–Kier alpha value is -7.62. The standard InChI is InChI=1S/C57H37NO2/c1-34-38-18-7-8-21-41(38)43-30-29-37(32-46(34)43)54-55-45-22-10-12-28-52(45)59-53(55)33-48-44-24-14-27-51(56(44)60-57(48)54)58(49-25-11-9-20-40(49)35-15-3-2-4-16-35)50-26-13-23-42-39-19-6-5-17-36(39)31-47(42)50/h2-30,32-34H,31H2,1H3. The molecule has 1 unspecified atom stereocenters. The van der Waals surface area contributed by atoms with Gasteiger partial charge in [-0.3, -0.25) is 0 Å². The Morgan fingerprint density at radius 1 is 0.433 bits per heavy atom. The van der Waals surface area contributed by atoms with E-state index in [4.69, 9.17) is 8.83 Å². The Kier molecular flexibility index (Phi) is 7.06. The molecule has 2 aromatic heterocycles. The lowest BCUT2D eigenvalue weighted by molar-refractivity contribution is 0.665. The van der Waals surface area contributed by atoms with Gasteiger partial charge in [0.15, 0.2) is 5.58 Å². The minimum Gasteiger partial charge on any atom is -0.456 e. The Balaban J connectivity index is 1.11. The van der Waals surface area contributed by atoms with Gasteiger partial charge in [-0.05, 0) is 92.0 Å². The number of fused-ring (bicyclic) bond motifs is 12. The molecule has 0 aliphatic heterocycles. The summed E-state index contributed by atoms with van der Waals surface area (Å²) in [5, 5.41) is 4.24. The number of furan rings is 2. The molecule has 282 valence electrons. The van der Waals surface area contributed by atoms with Gasteiger partial charge in [0.25, 0.3) is 0 Å². The van der Waals surface area contributed by atoms with E-state index in [-0.39, 0.29) is 5.92 Å². The summed E-state index contributed by atoms with van der Waals surface area (Å²) in [5.41, 5.74) is 21.7. The number of hydrogen-bond donors (Lipinski definition) is 0. The molecule has 0 spiro atoms. The van der Waals surface area contributed by atoms with E-state index >= 15 is 0 Å². The molecule has 0 saturated carbocycles. The largest absolute Gasteiger partial charge is 0.456 e. The van der Waals surface area contributed by atoms with E-state index in [9.17, 15) is 0 Å². The van der Waals surface area contributed by atoms with Gasteiger partial charge in [-0.1, -0.05) is 159 Å². The number of benzene rings is 9. The van der Waals surface area contributed by atoms with Crippen molar-refractivity contribution in [2.45, 2.75) is 19.3 Å². The van der Waals surface area contributed by atoms with Crippen molar-refractivity contribution in [3.8, 4) is 44.5 Å². The molecular formula is C57H37NO2. The van der Waals surface area contributed by atoms with Crippen LogP contribution >= 0.6 is 0 Å². The predicted molar refractivity (Wildman–Crippen MR) is 248 cm³/mol. The van der Waals surface area contributed by atoms with E-state index in [1.165, 1.54) is 44.5 Å². The monoisotopic (exact) mass is 767 g/mol. The Morgan fingerprint density at radius 2 is 1.12 bits per heavy atom. The lowest BCUT2D eigenvalue weighted by Crippen LogP contribution is -2.13. The molecule has 3 heteroatoms. The van der Waals surface area contributed by atoms with Gasteiger partial charge in [0.05, 0.1) is 17.1 Å². The first-order valence-electron chi connectivity index (χ1n) is 20.9. The highest BCUT2D eigenvalue weighted by atomic mass is 16.3. The molecule has 2 aliphatic carbocycles. The van der Waals surface area contributed by atoms with Crippen molar-refractivity contribution in [3.05, 3.63) is 210 Å². The van der Waals surface area contributed by atoms with Gasteiger partial charge in [0, 0.05) is 45.0 Å². The van der Waals surface area contributed by atoms with Crippen LogP contribution in [-0.4, -0.2) is 0 Å². The first-order chi connectivity index (χ1) is 29.7. The van der Waals surface area contributed by atoms with Crippen molar-refractivity contribution in [1.82, 2.24) is 0 Å². The summed E-state index contributed by atoms with van der Waals surface area (Å²) in [5.74, 6) is 0.284. The second-order valence-corrected chi connectivity index (χ2v) is 16.3. The molecule has 0 N–H and O–H groups in total. The third kappa shape index (κ3) is 4.72. The molecular weight excluding hydrogens is 731 g/mol. The fraction of sp³-hybridized carbons (Fsp3) is 0.0526. The molecule has 2 heterocycles. The van der Waals surface area contributed by atoms with Crippen LogP contribution in [0.2, 0.25) is 0 Å². The van der Waals surface area contributed by atoms with Gasteiger partial charge in [-0.15, -0.1) is 0 Å². The summed E-state index contributed by atoms with van der Waals surface area (Å²) in [6.07, 6.45) is 0.857. The van der Waals surface area contributed by atoms with Crippen LogP contribution < -0.4 is 4.90 Å². The first-order valence-corrected chi connectivity index (χ1v) is 20.9. The molecule has 3 nitrogen and oxygen atoms in total. The van der Waals surface area contributed by atoms with E-state index in [1.807, 2.05) is 6.07 Å². The lowest BCUT2D eigenvalue weighted by Gasteiger charge is -2.29. The van der Waals surface area contributed by atoms with E-state index in [2.05, 4.69) is 194 Å². The van der Waals surface area contributed by atoms with Crippen LogP contribution in [0.5, 0.6) is 0 Å². The predicted octanol–water partition coefficient (Wildman–Crippen LogP) is 16.0. The maximum Gasteiger partial charge on any atom is 0.159 e. The van der Waals surface area contributed by atoms with Crippen molar-refractivity contribution >= 4 is 60.9 Å². The molecule has 2 aliphatic rings. The van der Waals surface area contributed by atoms with Crippen LogP contribution in [0.4, 0.5) is 17.1 Å². The van der Waals surface area contributed by atoms with Gasteiger partial charge in [0.1, 0.15) is 16.7 Å². The second-order valence-electron chi connectivity index (χ2n) is 16.3. The van der Waals surface area contributed by atoms with Gasteiger partial charge < -0.3 is 13.7 Å². The van der Waals surface area contributed by atoms with Crippen LogP contribution in [0.15, 0.2) is 197 Å². The zero-order valence-electron chi connectivity index (χ0n) is 32.9. The molecule has 0 fully saturated rings. The van der Waals surface area contributed by atoms with Crippen LogP contribution in [0.3, 0.4) is 0 Å². The highest BCUT2D eigenvalue weighted by molar-refractivity contribution is 6.24. The number of nitrogens with zero attached hydrogens (tertiary/aromatic N) is 1. The highest BCUT2D eigenvalue weighted by Gasteiger charge is 2.31. The zero-order valence-corrected chi connectivity index (χ0v) is 32.9. The summed E-state index contributed by atoms with van der Waals surface area (Å²) in [6, 6.07) is 68.1. The van der Waals surface area contributed by atoms with Crippen LogP contribution in [0, 0.1) is 0 Å². The average molecular weight is 768 g/mol. The van der Waals surface area contributed by atoms with E-state index in [0.29, 0.717) is 0 Å². The fourth-order valence-corrected chi connectivity index (χ4v) is 10.5. The maximum absolute atomic E-state index is 7.47. The minimum absolute atomic E-state index is 0.284. The third-order valence-corrected chi connectivity index (χ3v) is 13.2. The molecule has 0 radical (unpaired) electrons. The second kappa shape index (κ2) is 12.7. The van der Waals surface area contributed by atoms with E-state index < -0.39 is 0 Å². The smallest absolute Gasteiger partial charge is 0.159 e. The van der Waals surface area contributed by atoms with Crippen molar-refractivity contribution in [3.63, 3.8) is 0 Å². The summed E-state index contributed by atoms with van der Waals surface area (Å²) >= 11 is 0. The summed E-state index contributed by atoms with van der Waals surface area (Å²) < 4.78 is 14.2. The van der Waals surface area contributed by atoms with Gasteiger partial charge in [-0.2, -0.15) is 0 Å². The molecule has 1 atom stereocenters. The number of anilines is 3. The van der Waals surface area contributed by atoms with Crippen LogP contribution in [0.1, 0.15) is 35.1 Å². The fourth-order valence-electron chi connectivity index (χ4n) is 10.5. The normalized spacial score (nSPS) is 13.8. The summed E-state index contributed by atoms with van der Waals surface area (Å²) in [4.78, 5) is 2.45. The van der Waals surface area contributed by atoms with Gasteiger partial charge in [-0.25, -0.2) is 0 Å². The van der Waals surface area contributed by atoms with Gasteiger partial charge in [0.2, 0.25) is 0 Å². The van der Waals surface area contributed by atoms with Crippen molar-refractivity contribution in [2.75, 3.05) is 4.90 Å². The molecule has 11 aromatic rings. The summed E-state index contributed by atoms with van der Waals surface area (Å²) in [7, 11) is 0.